The van der Waals surface area contributed by atoms with Gasteiger partial charge >= 0.3 is 6.18 Å². The van der Waals surface area contributed by atoms with E-state index in [1.54, 1.807) is 0 Å². The van der Waals surface area contributed by atoms with Crippen LogP contribution in [0.3, 0.4) is 0 Å². The van der Waals surface area contributed by atoms with Crippen molar-refractivity contribution in [2.24, 2.45) is 11.7 Å². The molecule has 0 saturated carbocycles. The predicted octanol–water partition coefficient (Wildman–Crippen LogP) is 5.68. The van der Waals surface area contributed by atoms with Crippen LogP contribution in [0.15, 0.2) is 66.7 Å². The van der Waals surface area contributed by atoms with Gasteiger partial charge in [0, 0.05) is 43.3 Å². The largest absolute Gasteiger partial charge is 0.457 e. The first-order valence-electron chi connectivity index (χ1n) is 13.0. The SMILES string of the molecule is NC(=O)c1c(-c2ccc(Oc3ccccc3)cc2)nc2n1CCCC2C1CCN(C(=O)/C=C/C(F)(F)F)CC1. The van der Waals surface area contributed by atoms with Crippen molar-refractivity contribution in [3.05, 3.63) is 78.3 Å². The van der Waals surface area contributed by atoms with Crippen molar-refractivity contribution < 1.29 is 27.5 Å². The molecule has 2 aliphatic heterocycles. The van der Waals surface area contributed by atoms with Gasteiger partial charge in [-0.2, -0.15) is 13.2 Å². The number of aromatic nitrogens is 2. The zero-order valence-corrected chi connectivity index (χ0v) is 21.2. The van der Waals surface area contributed by atoms with Crippen LogP contribution >= 0.6 is 0 Å². The Labute approximate surface area is 224 Å². The molecule has 0 bridgehead atoms. The van der Waals surface area contributed by atoms with Gasteiger partial charge in [-0.05, 0) is 68.0 Å². The molecule has 2 N–H and O–H groups in total. The Morgan fingerprint density at radius 1 is 0.949 bits per heavy atom. The fraction of sp³-hybridized carbons (Fsp3) is 0.345. The second-order valence-corrected chi connectivity index (χ2v) is 9.91. The van der Waals surface area contributed by atoms with Crippen LogP contribution in [0.2, 0.25) is 0 Å². The lowest BCUT2D eigenvalue weighted by molar-refractivity contribution is -0.128. The number of para-hydroxylation sites is 1. The first kappa shape index (κ1) is 26.5. The molecule has 1 aromatic heterocycles. The van der Waals surface area contributed by atoms with Crippen LogP contribution in [-0.4, -0.2) is 45.5 Å². The topological polar surface area (TPSA) is 90.5 Å². The fourth-order valence-corrected chi connectivity index (χ4v) is 5.57. The van der Waals surface area contributed by atoms with Crippen LogP contribution in [0.25, 0.3) is 11.3 Å². The first-order valence-corrected chi connectivity index (χ1v) is 13.0. The van der Waals surface area contributed by atoms with Crippen molar-refractivity contribution in [3.8, 4) is 22.8 Å². The normalized spacial score (nSPS) is 18.2. The summed E-state index contributed by atoms with van der Waals surface area (Å²) in [5.74, 6) is 1.24. The second-order valence-electron chi connectivity index (χ2n) is 9.91. The molecule has 2 amide bonds. The lowest BCUT2D eigenvalue weighted by Gasteiger charge is -2.37. The predicted molar refractivity (Wildman–Crippen MR) is 139 cm³/mol. The summed E-state index contributed by atoms with van der Waals surface area (Å²) < 4.78 is 45.1. The number of likely N-dealkylation sites (tertiary alicyclic amines) is 1. The van der Waals surface area contributed by atoms with E-state index in [1.807, 2.05) is 59.2 Å². The molecular weight excluding hydrogens is 509 g/mol. The fourth-order valence-electron chi connectivity index (χ4n) is 5.57. The van der Waals surface area contributed by atoms with Crippen molar-refractivity contribution in [3.63, 3.8) is 0 Å². The lowest BCUT2D eigenvalue weighted by atomic mass is 9.79. The van der Waals surface area contributed by atoms with Gasteiger partial charge in [0.1, 0.15) is 28.7 Å². The summed E-state index contributed by atoms with van der Waals surface area (Å²) in [6.45, 7) is 1.38. The molecule has 39 heavy (non-hydrogen) atoms. The van der Waals surface area contributed by atoms with Gasteiger partial charge < -0.3 is 19.9 Å². The third kappa shape index (κ3) is 6.00. The Bertz CT molecular complexity index is 1360. The van der Waals surface area contributed by atoms with Crippen LogP contribution < -0.4 is 10.5 Å². The van der Waals surface area contributed by atoms with Gasteiger partial charge in [0.15, 0.2) is 0 Å². The number of amides is 2. The summed E-state index contributed by atoms with van der Waals surface area (Å²) in [4.78, 5) is 31.1. The van der Waals surface area contributed by atoms with E-state index in [-0.39, 0.29) is 17.9 Å². The van der Waals surface area contributed by atoms with E-state index in [9.17, 15) is 22.8 Å². The number of imidazole rings is 1. The highest BCUT2D eigenvalue weighted by atomic mass is 19.4. The number of nitrogens with zero attached hydrogens (tertiary/aromatic N) is 3. The molecule has 5 rings (SSSR count). The van der Waals surface area contributed by atoms with E-state index >= 15 is 0 Å². The average Bonchev–Trinajstić information content (AvgIpc) is 3.33. The molecule has 10 heteroatoms. The van der Waals surface area contributed by atoms with Crippen molar-refractivity contribution in [1.82, 2.24) is 14.5 Å². The van der Waals surface area contributed by atoms with E-state index in [0.29, 0.717) is 61.4 Å². The zero-order chi connectivity index (χ0) is 27.6. The number of nitrogens with two attached hydrogens (primary N) is 1. The molecule has 204 valence electrons. The number of piperidine rings is 1. The number of alkyl halides is 3. The smallest absolute Gasteiger partial charge is 0.409 e. The Kier molecular flexibility index (Phi) is 7.45. The van der Waals surface area contributed by atoms with E-state index in [0.717, 1.165) is 24.2 Å². The minimum atomic E-state index is -4.52. The minimum absolute atomic E-state index is 0.0212. The Morgan fingerprint density at radius 3 is 2.26 bits per heavy atom. The second kappa shape index (κ2) is 11.0. The first-order chi connectivity index (χ1) is 18.7. The minimum Gasteiger partial charge on any atom is -0.457 e. The highest BCUT2D eigenvalue weighted by Gasteiger charge is 2.36. The number of benzene rings is 2. The monoisotopic (exact) mass is 538 g/mol. The lowest BCUT2D eigenvalue weighted by Crippen LogP contribution is -2.40. The van der Waals surface area contributed by atoms with E-state index in [2.05, 4.69) is 0 Å². The van der Waals surface area contributed by atoms with Gasteiger partial charge in [0.2, 0.25) is 5.91 Å². The molecule has 7 nitrogen and oxygen atoms in total. The molecule has 3 aromatic rings. The van der Waals surface area contributed by atoms with Crippen molar-refractivity contribution in [1.29, 1.82) is 0 Å². The molecule has 1 atom stereocenters. The molecule has 2 aromatic carbocycles. The summed E-state index contributed by atoms with van der Waals surface area (Å²) in [6.07, 6.45) is -0.915. The number of halogens is 3. The number of fused-ring (bicyclic) bond motifs is 1. The number of allylic oxidation sites excluding steroid dienone is 1. The summed E-state index contributed by atoms with van der Waals surface area (Å²) in [7, 11) is 0. The summed E-state index contributed by atoms with van der Waals surface area (Å²) >= 11 is 0. The summed E-state index contributed by atoms with van der Waals surface area (Å²) in [6, 6.07) is 16.8. The Balaban J connectivity index is 1.34. The third-order valence-electron chi connectivity index (χ3n) is 7.40. The van der Waals surface area contributed by atoms with Crippen molar-refractivity contribution in [2.75, 3.05) is 13.1 Å². The molecule has 1 fully saturated rings. The molecule has 1 unspecified atom stereocenters. The van der Waals surface area contributed by atoms with Gasteiger partial charge in [0.05, 0.1) is 0 Å². The standard InChI is InChI=1S/C29H29F3N4O3/c30-29(31,32)15-12-24(37)35-17-13-19(14-18-35)23-7-4-16-36-26(27(33)38)25(34-28(23)36)20-8-10-22(11-9-20)39-21-5-2-1-3-6-21/h1-3,5-6,8-12,15,19,23H,4,7,13-14,16-18H2,(H2,33,38)/b15-12+. The molecule has 3 heterocycles. The third-order valence-corrected chi connectivity index (χ3v) is 7.40. The number of hydrogen-bond acceptors (Lipinski definition) is 4. The number of ether oxygens (including phenoxy) is 1. The number of primary amides is 1. The van der Waals surface area contributed by atoms with Crippen LogP contribution in [0.4, 0.5) is 13.2 Å². The van der Waals surface area contributed by atoms with Crippen LogP contribution in [0, 0.1) is 5.92 Å². The maximum Gasteiger partial charge on any atom is 0.409 e. The number of rotatable bonds is 6. The average molecular weight is 539 g/mol. The van der Waals surface area contributed by atoms with Crippen molar-refractivity contribution in [2.45, 2.75) is 44.3 Å². The number of carbonyl (C=O) groups excluding carboxylic acids is 2. The van der Waals surface area contributed by atoms with E-state index in [1.165, 1.54) is 4.90 Å². The summed E-state index contributed by atoms with van der Waals surface area (Å²) in [5, 5.41) is 0. The molecule has 0 radical (unpaired) electrons. The highest BCUT2D eigenvalue weighted by Crippen LogP contribution is 2.41. The van der Waals surface area contributed by atoms with Crippen molar-refractivity contribution >= 4 is 11.8 Å². The molecule has 2 aliphatic rings. The van der Waals surface area contributed by atoms with Gasteiger partial charge in [0.25, 0.3) is 5.91 Å². The molecule has 0 spiro atoms. The van der Waals surface area contributed by atoms with Gasteiger partial charge in [-0.1, -0.05) is 18.2 Å². The maximum atomic E-state index is 12.6. The van der Waals surface area contributed by atoms with Gasteiger partial charge in [-0.3, -0.25) is 9.59 Å². The Hall–Kier alpha value is -4.08. The highest BCUT2D eigenvalue weighted by molar-refractivity contribution is 5.97. The zero-order valence-electron chi connectivity index (χ0n) is 21.2. The van der Waals surface area contributed by atoms with Crippen LogP contribution in [0.1, 0.15) is 47.9 Å². The molecule has 0 aliphatic carbocycles. The van der Waals surface area contributed by atoms with E-state index < -0.39 is 18.0 Å². The van der Waals surface area contributed by atoms with Crippen LogP contribution in [-0.2, 0) is 11.3 Å². The molecular formula is C29H29F3N4O3. The molecule has 1 saturated heterocycles. The summed E-state index contributed by atoms with van der Waals surface area (Å²) in [5.41, 5.74) is 7.48. The maximum absolute atomic E-state index is 12.6. The number of carbonyl (C=O) groups is 2. The van der Waals surface area contributed by atoms with Crippen LogP contribution in [0.5, 0.6) is 11.5 Å². The Morgan fingerprint density at radius 2 is 1.62 bits per heavy atom. The van der Waals surface area contributed by atoms with Gasteiger partial charge in [-0.15, -0.1) is 0 Å². The van der Waals surface area contributed by atoms with E-state index in [4.69, 9.17) is 15.5 Å². The quantitative estimate of drug-likeness (QED) is 0.409. The van der Waals surface area contributed by atoms with Gasteiger partial charge in [-0.25, -0.2) is 4.98 Å². The number of hydrogen-bond donors (Lipinski definition) is 1.